The topological polar surface area (TPSA) is 71.1 Å². The SMILES string of the molecule is CCCCCCCCOc1ccc(C2(c3ccc(OCCCCCCCC)c(C(=O)OCC)c3)c3cc(C)ccc3-c3ccc(C)cc32)cc1C(=O)OCC. The first-order valence-corrected chi connectivity index (χ1v) is 20.9. The summed E-state index contributed by atoms with van der Waals surface area (Å²) in [5.41, 5.74) is 8.28. The highest BCUT2D eigenvalue weighted by atomic mass is 16.5. The Bertz CT molecular complexity index is 1750. The molecule has 0 amide bonds. The van der Waals surface area contributed by atoms with E-state index in [2.05, 4.69) is 76.2 Å². The van der Waals surface area contributed by atoms with Gasteiger partial charge in [-0.3, -0.25) is 0 Å². The Morgan fingerprint density at radius 2 is 0.891 bits per heavy atom. The lowest BCUT2D eigenvalue weighted by atomic mass is 9.66. The van der Waals surface area contributed by atoms with Crippen LogP contribution in [0.4, 0.5) is 0 Å². The summed E-state index contributed by atoms with van der Waals surface area (Å²) in [4.78, 5) is 27.5. The van der Waals surface area contributed by atoms with Gasteiger partial charge in [0, 0.05) is 0 Å². The van der Waals surface area contributed by atoms with Crippen LogP contribution in [0, 0.1) is 13.8 Å². The van der Waals surface area contributed by atoms with Crippen LogP contribution in [0.2, 0.25) is 0 Å². The molecule has 1 aliphatic carbocycles. The maximum atomic E-state index is 13.8. The first kappa shape index (κ1) is 41.6. The fourth-order valence-corrected chi connectivity index (χ4v) is 7.98. The van der Waals surface area contributed by atoms with Crippen LogP contribution >= 0.6 is 0 Å². The monoisotopic (exact) mass is 746 g/mol. The second-order valence-electron chi connectivity index (χ2n) is 14.9. The molecule has 0 unspecified atom stereocenters. The van der Waals surface area contributed by atoms with E-state index in [0.29, 0.717) is 35.8 Å². The first-order chi connectivity index (χ1) is 26.8. The van der Waals surface area contributed by atoms with Gasteiger partial charge in [-0.2, -0.15) is 0 Å². The molecule has 0 spiro atoms. The van der Waals surface area contributed by atoms with Gasteiger partial charge >= 0.3 is 11.9 Å². The van der Waals surface area contributed by atoms with Crippen molar-refractivity contribution in [3.05, 3.63) is 117 Å². The third-order valence-electron chi connectivity index (χ3n) is 10.8. The second kappa shape index (κ2) is 20.4. The molecular weight excluding hydrogens is 685 g/mol. The van der Waals surface area contributed by atoms with Crippen LogP contribution in [0.5, 0.6) is 11.5 Å². The number of hydrogen-bond acceptors (Lipinski definition) is 6. The van der Waals surface area contributed by atoms with Gasteiger partial charge in [-0.25, -0.2) is 9.59 Å². The average molecular weight is 747 g/mol. The largest absolute Gasteiger partial charge is 0.493 e. The van der Waals surface area contributed by atoms with Crippen LogP contribution < -0.4 is 9.47 Å². The molecule has 1 aliphatic rings. The molecule has 0 atom stereocenters. The van der Waals surface area contributed by atoms with E-state index < -0.39 is 17.4 Å². The van der Waals surface area contributed by atoms with Crippen molar-refractivity contribution >= 4 is 11.9 Å². The zero-order valence-corrected chi connectivity index (χ0v) is 34.2. The van der Waals surface area contributed by atoms with Crippen molar-refractivity contribution in [3.63, 3.8) is 0 Å². The Hall–Kier alpha value is -4.58. The van der Waals surface area contributed by atoms with Gasteiger partial charge in [0.25, 0.3) is 0 Å². The lowest BCUT2D eigenvalue weighted by Crippen LogP contribution is -2.30. The van der Waals surface area contributed by atoms with Crippen molar-refractivity contribution in [1.82, 2.24) is 0 Å². The van der Waals surface area contributed by atoms with Crippen LogP contribution in [-0.2, 0) is 14.9 Å². The van der Waals surface area contributed by atoms with Crippen LogP contribution in [0.1, 0.15) is 159 Å². The Balaban J connectivity index is 1.66. The van der Waals surface area contributed by atoms with Crippen molar-refractivity contribution in [2.24, 2.45) is 0 Å². The average Bonchev–Trinajstić information content (AvgIpc) is 3.46. The molecule has 6 nitrogen and oxygen atoms in total. The van der Waals surface area contributed by atoms with Crippen molar-refractivity contribution in [1.29, 1.82) is 0 Å². The highest BCUT2D eigenvalue weighted by Crippen LogP contribution is 2.57. The standard InChI is InChI=1S/C49H62O6/c1-7-11-13-15-17-19-29-54-45-27-23-37(33-41(45)47(50)52-9-3)49(43-31-35(5)21-25-39(43)40-26-22-36(6)32-44(40)49)38-24-28-46(42(34-38)48(51)53-10-4)55-30-20-18-16-14-12-8-2/h21-28,31-34H,7-20,29-30H2,1-6H3. The molecule has 0 N–H and O–H groups in total. The van der Waals surface area contributed by atoms with Gasteiger partial charge < -0.3 is 18.9 Å². The number of esters is 2. The summed E-state index contributed by atoms with van der Waals surface area (Å²) in [6.45, 7) is 13.8. The molecule has 0 heterocycles. The van der Waals surface area contributed by atoms with E-state index in [1.54, 1.807) is 0 Å². The minimum atomic E-state index is -0.888. The Kier molecular flexibility index (Phi) is 15.4. The Morgan fingerprint density at radius 3 is 1.29 bits per heavy atom. The summed E-state index contributed by atoms with van der Waals surface area (Å²) in [5.74, 6) is 0.192. The molecule has 0 aliphatic heterocycles. The van der Waals surface area contributed by atoms with E-state index in [9.17, 15) is 9.59 Å². The van der Waals surface area contributed by atoms with Crippen LogP contribution in [0.15, 0.2) is 72.8 Å². The zero-order valence-electron chi connectivity index (χ0n) is 34.2. The maximum absolute atomic E-state index is 13.8. The molecule has 0 radical (unpaired) electrons. The van der Waals surface area contributed by atoms with Crippen LogP contribution in [-0.4, -0.2) is 38.4 Å². The quantitative estimate of drug-likeness (QED) is 0.0519. The van der Waals surface area contributed by atoms with E-state index in [1.807, 2.05) is 38.1 Å². The molecule has 0 fully saturated rings. The minimum absolute atomic E-state index is 0.248. The van der Waals surface area contributed by atoms with E-state index in [0.717, 1.165) is 70.2 Å². The number of carbonyl (C=O) groups is 2. The molecule has 6 heteroatoms. The third-order valence-corrected chi connectivity index (χ3v) is 10.8. The van der Waals surface area contributed by atoms with E-state index in [4.69, 9.17) is 18.9 Å². The molecule has 0 saturated heterocycles. The summed E-state index contributed by atoms with van der Waals surface area (Å²) in [6, 6.07) is 25.1. The van der Waals surface area contributed by atoms with Crippen molar-refractivity contribution < 1.29 is 28.5 Å². The van der Waals surface area contributed by atoms with Crippen molar-refractivity contribution in [3.8, 4) is 22.6 Å². The number of rotatable bonds is 22. The van der Waals surface area contributed by atoms with Crippen molar-refractivity contribution in [2.75, 3.05) is 26.4 Å². The van der Waals surface area contributed by atoms with E-state index >= 15 is 0 Å². The third kappa shape index (κ3) is 9.63. The summed E-state index contributed by atoms with van der Waals surface area (Å²) in [5, 5.41) is 0. The summed E-state index contributed by atoms with van der Waals surface area (Å²) >= 11 is 0. The van der Waals surface area contributed by atoms with Crippen molar-refractivity contribution in [2.45, 2.75) is 124 Å². The minimum Gasteiger partial charge on any atom is -0.493 e. The number of carbonyl (C=O) groups excluding carboxylic acids is 2. The smallest absolute Gasteiger partial charge is 0.341 e. The molecular formula is C49H62O6. The van der Waals surface area contributed by atoms with Gasteiger partial charge in [0.1, 0.15) is 22.6 Å². The molecule has 55 heavy (non-hydrogen) atoms. The fourth-order valence-electron chi connectivity index (χ4n) is 7.98. The number of hydrogen-bond donors (Lipinski definition) is 0. The predicted molar refractivity (Wildman–Crippen MR) is 223 cm³/mol. The van der Waals surface area contributed by atoms with Gasteiger partial charge in [-0.05, 0) is 98.2 Å². The zero-order chi connectivity index (χ0) is 39.2. The highest BCUT2D eigenvalue weighted by molar-refractivity contribution is 5.95. The van der Waals surface area contributed by atoms with Gasteiger partial charge in [0.2, 0.25) is 0 Å². The number of ether oxygens (including phenoxy) is 4. The second-order valence-corrected chi connectivity index (χ2v) is 14.9. The Labute approximate surface area is 329 Å². The van der Waals surface area contributed by atoms with Gasteiger partial charge in [0.15, 0.2) is 0 Å². The molecule has 4 aromatic rings. The maximum Gasteiger partial charge on any atom is 0.341 e. The molecule has 0 bridgehead atoms. The number of unbranched alkanes of at least 4 members (excludes halogenated alkanes) is 10. The molecule has 5 rings (SSSR count). The molecule has 0 saturated carbocycles. The number of benzene rings is 4. The Morgan fingerprint density at radius 1 is 0.491 bits per heavy atom. The van der Waals surface area contributed by atoms with Gasteiger partial charge in [-0.15, -0.1) is 0 Å². The fraction of sp³-hybridized carbons (Fsp3) is 0.469. The molecule has 294 valence electrons. The predicted octanol–water partition coefficient (Wildman–Crippen LogP) is 12.5. The normalized spacial score (nSPS) is 12.5. The number of fused-ring (bicyclic) bond motifs is 3. The lowest BCUT2D eigenvalue weighted by molar-refractivity contribution is 0.0511. The highest BCUT2D eigenvalue weighted by Gasteiger charge is 2.47. The molecule has 4 aromatic carbocycles. The van der Waals surface area contributed by atoms with E-state index in [-0.39, 0.29) is 13.2 Å². The van der Waals surface area contributed by atoms with Gasteiger partial charge in [0.05, 0.1) is 31.8 Å². The summed E-state index contributed by atoms with van der Waals surface area (Å²) in [7, 11) is 0. The summed E-state index contributed by atoms with van der Waals surface area (Å²) < 4.78 is 24.0. The summed E-state index contributed by atoms with van der Waals surface area (Å²) in [6.07, 6.45) is 13.7. The van der Waals surface area contributed by atoms with E-state index in [1.165, 1.54) is 51.4 Å². The molecule has 0 aromatic heterocycles. The lowest BCUT2D eigenvalue weighted by Gasteiger charge is -2.35. The van der Waals surface area contributed by atoms with Crippen LogP contribution in [0.25, 0.3) is 11.1 Å². The first-order valence-electron chi connectivity index (χ1n) is 20.9. The number of aryl methyl sites for hydroxylation is 2. The van der Waals surface area contributed by atoms with Gasteiger partial charge in [-0.1, -0.05) is 138 Å². The van der Waals surface area contributed by atoms with Crippen LogP contribution in [0.3, 0.4) is 0 Å².